The predicted octanol–water partition coefficient (Wildman–Crippen LogP) is 2.50. The molecule has 3 aliphatic rings. The largest absolute Gasteiger partial charge is 0.493 e. The van der Waals surface area contributed by atoms with E-state index in [4.69, 9.17) is 16.3 Å². The van der Waals surface area contributed by atoms with Gasteiger partial charge in [-0.15, -0.1) is 0 Å². The Labute approximate surface area is 213 Å². The van der Waals surface area contributed by atoms with Gasteiger partial charge >= 0.3 is 0 Å². The normalized spacial score (nSPS) is 20.9. The molecule has 0 aliphatic carbocycles. The van der Waals surface area contributed by atoms with E-state index in [1.165, 1.54) is 0 Å². The number of piperazine rings is 1. The van der Waals surface area contributed by atoms with E-state index in [0.29, 0.717) is 69.1 Å². The maximum absolute atomic E-state index is 13.3. The topological polar surface area (TPSA) is 73.4 Å². The molecule has 1 aromatic rings. The van der Waals surface area contributed by atoms with Crippen LogP contribution in [0, 0.1) is 5.41 Å². The molecule has 0 atom stereocenters. The lowest BCUT2D eigenvalue weighted by molar-refractivity contribution is -0.139. The van der Waals surface area contributed by atoms with Gasteiger partial charge in [-0.3, -0.25) is 14.4 Å². The highest BCUT2D eigenvalue weighted by Gasteiger charge is 2.40. The van der Waals surface area contributed by atoms with Crippen molar-refractivity contribution in [3.05, 3.63) is 29.3 Å². The maximum atomic E-state index is 13.3. The van der Waals surface area contributed by atoms with Crippen LogP contribution in [-0.4, -0.2) is 103 Å². The fourth-order valence-corrected chi connectivity index (χ4v) is 5.39. The molecule has 1 aromatic carbocycles. The van der Waals surface area contributed by atoms with Gasteiger partial charge in [0.1, 0.15) is 5.75 Å². The zero-order valence-electron chi connectivity index (χ0n) is 20.7. The minimum atomic E-state index is -0.329. The number of ether oxygens (including phenoxy) is 1. The first-order valence-corrected chi connectivity index (χ1v) is 13.1. The van der Waals surface area contributed by atoms with Crippen molar-refractivity contribution in [2.24, 2.45) is 5.41 Å². The summed E-state index contributed by atoms with van der Waals surface area (Å²) in [5.74, 6) is 1.09. The number of likely N-dealkylation sites (tertiary alicyclic amines) is 2. The Morgan fingerprint density at radius 2 is 1.71 bits per heavy atom. The fourth-order valence-electron chi connectivity index (χ4n) is 5.21. The molecule has 0 aromatic heterocycles. The van der Waals surface area contributed by atoms with Crippen molar-refractivity contribution < 1.29 is 19.1 Å². The van der Waals surface area contributed by atoms with Crippen molar-refractivity contribution >= 4 is 29.3 Å². The smallest absolute Gasteiger partial charge is 0.224 e. The molecule has 192 valence electrons. The molecule has 3 saturated heterocycles. The van der Waals surface area contributed by atoms with Crippen LogP contribution < -0.4 is 4.74 Å². The molecule has 0 unspecified atom stereocenters. The van der Waals surface area contributed by atoms with E-state index in [1.807, 2.05) is 21.9 Å². The molecule has 3 fully saturated rings. The summed E-state index contributed by atoms with van der Waals surface area (Å²) in [5, 5.41) is 0.613. The van der Waals surface area contributed by atoms with E-state index < -0.39 is 0 Å². The van der Waals surface area contributed by atoms with Crippen LogP contribution >= 0.6 is 11.6 Å². The van der Waals surface area contributed by atoms with Crippen LogP contribution in [0.4, 0.5) is 0 Å². The van der Waals surface area contributed by atoms with E-state index in [0.717, 1.165) is 39.1 Å². The van der Waals surface area contributed by atoms with Crippen molar-refractivity contribution in [3.8, 4) is 5.75 Å². The van der Waals surface area contributed by atoms with Crippen LogP contribution in [0.1, 0.15) is 38.5 Å². The molecule has 3 heterocycles. The Balaban J connectivity index is 1.36. The molecule has 3 aliphatic heterocycles. The molecule has 8 nitrogen and oxygen atoms in total. The third-order valence-corrected chi connectivity index (χ3v) is 7.90. The quantitative estimate of drug-likeness (QED) is 0.544. The molecule has 0 N–H and O–H groups in total. The molecule has 0 bridgehead atoms. The molecule has 35 heavy (non-hydrogen) atoms. The Kier molecular flexibility index (Phi) is 8.55. The monoisotopic (exact) mass is 504 g/mol. The molecule has 0 radical (unpaired) electrons. The number of carbonyl (C=O) groups excluding carboxylic acids is 3. The number of piperidine rings is 1. The van der Waals surface area contributed by atoms with Gasteiger partial charge in [0.15, 0.2) is 0 Å². The van der Waals surface area contributed by atoms with Crippen molar-refractivity contribution in [2.45, 2.75) is 38.5 Å². The van der Waals surface area contributed by atoms with E-state index >= 15 is 0 Å². The Morgan fingerprint density at radius 1 is 1.00 bits per heavy atom. The van der Waals surface area contributed by atoms with Crippen molar-refractivity contribution in [2.75, 3.05) is 66.0 Å². The number of nitrogens with zero attached hydrogens (tertiary/aromatic N) is 4. The molecular formula is C26H37ClN4O4. The summed E-state index contributed by atoms with van der Waals surface area (Å²) >= 11 is 6.13. The second-order valence-electron chi connectivity index (χ2n) is 10.2. The molecule has 4 rings (SSSR count). The number of benzene rings is 1. The van der Waals surface area contributed by atoms with Crippen LogP contribution in [0.2, 0.25) is 5.02 Å². The zero-order valence-corrected chi connectivity index (χ0v) is 21.5. The van der Waals surface area contributed by atoms with Gasteiger partial charge in [0.05, 0.1) is 6.61 Å². The van der Waals surface area contributed by atoms with Gasteiger partial charge in [-0.05, 0) is 44.5 Å². The Morgan fingerprint density at radius 3 is 2.37 bits per heavy atom. The first-order chi connectivity index (χ1) is 16.8. The number of hydrogen-bond donors (Lipinski definition) is 0. The lowest BCUT2D eigenvalue weighted by Crippen LogP contribution is -2.51. The van der Waals surface area contributed by atoms with E-state index in [2.05, 4.69) is 11.9 Å². The molecule has 3 amide bonds. The summed E-state index contributed by atoms with van der Waals surface area (Å²) in [5.41, 5.74) is -0.329. The van der Waals surface area contributed by atoms with Gasteiger partial charge < -0.3 is 24.3 Å². The second kappa shape index (κ2) is 11.6. The summed E-state index contributed by atoms with van der Waals surface area (Å²) in [6.45, 7) is 6.14. The number of carbonyl (C=O) groups is 3. The van der Waals surface area contributed by atoms with Gasteiger partial charge in [-0.2, -0.15) is 0 Å². The van der Waals surface area contributed by atoms with E-state index in [-0.39, 0.29) is 23.1 Å². The number of hydrogen-bond acceptors (Lipinski definition) is 5. The van der Waals surface area contributed by atoms with Crippen LogP contribution in [0.15, 0.2) is 24.3 Å². The Bertz CT molecular complexity index is 910. The van der Waals surface area contributed by atoms with Crippen LogP contribution in [0.5, 0.6) is 5.75 Å². The average molecular weight is 505 g/mol. The molecule has 9 heteroatoms. The Hall–Kier alpha value is -2.32. The highest BCUT2D eigenvalue weighted by atomic mass is 35.5. The number of rotatable bonds is 8. The third kappa shape index (κ3) is 6.88. The zero-order chi connectivity index (χ0) is 24.8. The molecular weight excluding hydrogens is 468 g/mol. The van der Waals surface area contributed by atoms with E-state index in [1.54, 1.807) is 17.0 Å². The number of likely N-dealkylation sites (N-methyl/N-ethyl adjacent to an activating group) is 1. The maximum Gasteiger partial charge on any atom is 0.224 e. The molecule has 0 saturated carbocycles. The van der Waals surface area contributed by atoms with Crippen LogP contribution in [0.3, 0.4) is 0 Å². The summed E-state index contributed by atoms with van der Waals surface area (Å²) in [6.07, 6.45) is 3.67. The first kappa shape index (κ1) is 25.8. The predicted molar refractivity (Wildman–Crippen MR) is 134 cm³/mol. The standard InChI is InChI=1S/C26H37ClN4O4/c1-28-14-16-31(17-15-28)25(34)19-26(20-35-22-5-2-4-21(27)18-22)8-12-30(13-9-26)24(33)7-11-29-10-3-6-23(29)32/h2,4-5,18H,3,6-17,19-20H2,1H3. The van der Waals surface area contributed by atoms with Crippen molar-refractivity contribution in [3.63, 3.8) is 0 Å². The summed E-state index contributed by atoms with van der Waals surface area (Å²) in [7, 11) is 2.08. The highest BCUT2D eigenvalue weighted by molar-refractivity contribution is 6.30. The van der Waals surface area contributed by atoms with Gasteiger partial charge in [0, 0.05) is 82.1 Å². The minimum Gasteiger partial charge on any atom is -0.493 e. The first-order valence-electron chi connectivity index (χ1n) is 12.7. The van der Waals surface area contributed by atoms with Crippen molar-refractivity contribution in [1.29, 1.82) is 0 Å². The summed E-state index contributed by atoms with van der Waals surface area (Å²) in [6, 6.07) is 7.32. The number of amides is 3. The average Bonchev–Trinajstić information content (AvgIpc) is 3.27. The van der Waals surface area contributed by atoms with Gasteiger partial charge in [-0.25, -0.2) is 0 Å². The SMILES string of the molecule is CN1CCN(C(=O)CC2(COc3cccc(Cl)c3)CCN(C(=O)CCN3CCCC3=O)CC2)CC1. The minimum absolute atomic E-state index is 0.0828. The lowest BCUT2D eigenvalue weighted by Gasteiger charge is -2.43. The van der Waals surface area contributed by atoms with Crippen LogP contribution in [-0.2, 0) is 14.4 Å². The van der Waals surface area contributed by atoms with E-state index in [9.17, 15) is 14.4 Å². The summed E-state index contributed by atoms with van der Waals surface area (Å²) in [4.78, 5) is 45.8. The summed E-state index contributed by atoms with van der Waals surface area (Å²) < 4.78 is 6.15. The van der Waals surface area contributed by atoms with Crippen molar-refractivity contribution in [1.82, 2.24) is 19.6 Å². The lowest BCUT2D eigenvalue weighted by atomic mass is 9.75. The fraction of sp³-hybridized carbons (Fsp3) is 0.654. The number of halogens is 1. The van der Waals surface area contributed by atoms with Crippen LogP contribution in [0.25, 0.3) is 0 Å². The van der Waals surface area contributed by atoms with Gasteiger partial charge in [-0.1, -0.05) is 17.7 Å². The molecule has 0 spiro atoms. The van der Waals surface area contributed by atoms with Gasteiger partial charge in [0.25, 0.3) is 0 Å². The third-order valence-electron chi connectivity index (χ3n) is 7.67. The second-order valence-corrected chi connectivity index (χ2v) is 10.7. The highest BCUT2D eigenvalue weighted by Crippen LogP contribution is 2.37. The van der Waals surface area contributed by atoms with Gasteiger partial charge in [0.2, 0.25) is 17.7 Å².